The number of carboxylic acid groups (broad SMARTS) is 1. The number of aliphatic hydroxyl groups excluding tert-OH is 1. The molecule has 0 atom stereocenters. The van der Waals surface area contributed by atoms with Crippen LogP contribution in [0, 0.1) is 17.4 Å². The predicted octanol–water partition coefficient (Wildman–Crippen LogP) is 3.29. The maximum absolute atomic E-state index is 10.5. The Hall–Kier alpha value is -3.86. The second-order valence-electron chi connectivity index (χ2n) is 7.04. The van der Waals surface area contributed by atoms with E-state index in [1.807, 2.05) is 24.3 Å². The summed E-state index contributed by atoms with van der Waals surface area (Å²) in [5.74, 6) is -0.531. The van der Waals surface area contributed by atoms with Crippen LogP contribution in [-0.2, 0) is 6.42 Å². The van der Waals surface area contributed by atoms with Crippen molar-refractivity contribution in [1.29, 1.82) is 0 Å². The van der Waals surface area contributed by atoms with Crippen molar-refractivity contribution in [2.75, 3.05) is 5.73 Å². The fraction of sp³-hybridized carbons (Fsp3) is 0.0833. The van der Waals surface area contributed by atoms with Crippen LogP contribution in [-0.4, -0.2) is 16.2 Å². The SMILES string of the molecule is Cc1ccc(N)cc1C(=O)O.OC1=CC=c2ccc3c(c2C1)N=c1ccccc1=3. The van der Waals surface area contributed by atoms with Gasteiger partial charge in [0.15, 0.2) is 0 Å². The molecule has 5 heteroatoms. The summed E-state index contributed by atoms with van der Waals surface area (Å²) in [5, 5.41) is 22.9. The molecule has 3 aromatic carbocycles. The zero-order chi connectivity index (χ0) is 20.5. The van der Waals surface area contributed by atoms with Crippen LogP contribution in [0.5, 0.6) is 0 Å². The summed E-state index contributed by atoms with van der Waals surface area (Å²) in [4.78, 5) is 15.2. The largest absolute Gasteiger partial charge is 0.512 e. The Balaban J connectivity index is 0.000000161. The van der Waals surface area contributed by atoms with E-state index in [4.69, 9.17) is 15.8 Å². The minimum Gasteiger partial charge on any atom is -0.512 e. The van der Waals surface area contributed by atoms with Crippen LogP contribution in [0.4, 0.5) is 11.4 Å². The smallest absolute Gasteiger partial charge is 0.336 e. The van der Waals surface area contributed by atoms with Gasteiger partial charge in [0.25, 0.3) is 0 Å². The van der Waals surface area contributed by atoms with Crippen LogP contribution < -0.4 is 16.3 Å². The van der Waals surface area contributed by atoms with Gasteiger partial charge in [0.2, 0.25) is 0 Å². The number of allylic oxidation sites excluding steroid dienone is 2. The molecule has 0 bridgehead atoms. The number of hydrogen-bond acceptors (Lipinski definition) is 4. The van der Waals surface area contributed by atoms with Gasteiger partial charge >= 0.3 is 5.97 Å². The number of nitrogen functional groups attached to an aromatic ring is 1. The first-order valence-corrected chi connectivity index (χ1v) is 9.23. The molecule has 0 unspecified atom stereocenters. The number of aromatic carboxylic acids is 1. The molecule has 0 saturated carbocycles. The second kappa shape index (κ2) is 7.28. The number of para-hydroxylation sites is 1. The summed E-state index contributed by atoms with van der Waals surface area (Å²) in [5.41, 5.74) is 9.03. The Morgan fingerprint density at radius 1 is 1.03 bits per heavy atom. The maximum Gasteiger partial charge on any atom is 0.336 e. The highest BCUT2D eigenvalue weighted by Gasteiger charge is 2.13. The number of aryl methyl sites for hydroxylation is 1. The standard InChI is InChI=1S/C16H11NO.C8H9NO2/c18-11-7-5-10-6-8-13-12-3-1-2-4-15(12)17-16(13)14(10)9-11;1-5-2-3-6(9)4-7(5)8(10)11/h1-8,18H,9H2;2-4H,9H2,1H3,(H,10,11). The Labute approximate surface area is 167 Å². The van der Waals surface area contributed by atoms with Crippen molar-refractivity contribution in [2.24, 2.45) is 4.99 Å². The van der Waals surface area contributed by atoms with E-state index >= 15 is 0 Å². The molecule has 1 aliphatic carbocycles. The third-order valence-electron chi connectivity index (χ3n) is 5.05. The van der Waals surface area contributed by atoms with Gasteiger partial charge in [0, 0.05) is 22.5 Å². The van der Waals surface area contributed by atoms with Gasteiger partial charge < -0.3 is 15.9 Å². The lowest BCUT2D eigenvalue weighted by molar-refractivity contribution is 0.0696. The van der Waals surface area contributed by atoms with Gasteiger partial charge in [-0.25, -0.2) is 9.79 Å². The van der Waals surface area contributed by atoms with Crippen molar-refractivity contribution in [2.45, 2.75) is 13.3 Å². The molecule has 3 aromatic rings. The number of nitrogens with zero attached hydrogens (tertiary/aromatic N) is 1. The molecule has 1 aliphatic heterocycles. The normalized spacial score (nSPS) is 12.8. The number of fused-ring (bicyclic) bond motifs is 4. The van der Waals surface area contributed by atoms with Gasteiger partial charge in [-0.15, -0.1) is 0 Å². The van der Waals surface area contributed by atoms with Gasteiger partial charge in [-0.1, -0.05) is 42.5 Å². The molecule has 0 amide bonds. The highest BCUT2D eigenvalue weighted by Crippen LogP contribution is 2.24. The van der Waals surface area contributed by atoms with Gasteiger partial charge in [-0.05, 0) is 47.5 Å². The van der Waals surface area contributed by atoms with Gasteiger partial charge in [-0.3, -0.25) is 0 Å². The van der Waals surface area contributed by atoms with Gasteiger partial charge in [0.1, 0.15) is 0 Å². The van der Waals surface area contributed by atoms with Gasteiger partial charge in [-0.2, -0.15) is 0 Å². The zero-order valence-corrected chi connectivity index (χ0v) is 15.9. The zero-order valence-electron chi connectivity index (χ0n) is 15.9. The van der Waals surface area contributed by atoms with Crippen LogP contribution >= 0.6 is 0 Å². The van der Waals surface area contributed by atoms with E-state index < -0.39 is 5.97 Å². The van der Waals surface area contributed by atoms with Crippen molar-refractivity contribution in [3.05, 3.63) is 104 Å². The summed E-state index contributed by atoms with van der Waals surface area (Å²) in [6.07, 6.45) is 4.29. The molecule has 0 aromatic heterocycles. The predicted molar refractivity (Wildman–Crippen MR) is 112 cm³/mol. The average molecular weight is 384 g/mol. The molecule has 2 aliphatic rings. The topological polar surface area (TPSA) is 95.9 Å². The Morgan fingerprint density at radius 3 is 2.59 bits per heavy atom. The molecule has 0 radical (unpaired) electrons. The minimum absolute atomic E-state index is 0.269. The summed E-state index contributed by atoms with van der Waals surface area (Å²) < 4.78 is 0. The number of aliphatic hydroxyl groups is 1. The summed E-state index contributed by atoms with van der Waals surface area (Å²) >= 11 is 0. The minimum atomic E-state index is -0.935. The third-order valence-corrected chi connectivity index (χ3v) is 5.05. The number of nitrogens with two attached hydrogens (primary N) is 1. The number of benzene rings is 3. The molecule has 1 heterocycles. The van der Waals surface area contributed by atoms with Crippen LogP contribution in [0.3, 0.4) is 0 Å². The number of carboxylic acids is 1. The number of carbonyl (C=O) groups is 1. The fourth-order valence-electron chi connectivity index (χ4n) is 3.55. The van der Waals surface area contributed by atoms with Crippen LogP contribution in [0.25, 0.3) is 6.08 Å². The lowest BCUT2D eigenvalue weighted by Gasteiger charge is -2.09. The van der Waals surface area contributed by atoms with E-state index in [1.165, 1.54) is 16.5 Å². The summed E-state index contributed by atoms with van der Waals surface area (Å²) in [7, 11) is 0. The van der Waals surface area contributed by atoms with E-state index in [0.717, 1.165) is 27.4 Å². The molecule has 5 nitrogen and oxygen atoms in total. The lowest BCUT2D eigenvalue weighted by Crippen LogP contribution is -2.13. The molecular formula is C24H20N2O3. The van der Waals surface area contributed by atoms with E-state index in [9.17, 15) is 9.90 Å². The highest BCUT2D eigenvalue weighted by molar-refractivity contribution is 5.90. The molecule has 0 saturated heterocycles. The molecule has 0 fully saturated rings. The van der Waals surface area contributed by atoms with Crippen molar-refractivity contribution in [3.63, 3.8) is 0 Å². The average Bonchev–Trinajstić information content (AvgIpc) is 3.09. The van der Waals surface area contributed by atoms with Gasteiger partial charge in [0.05, 0.1) is 22.4 Å². The quantitative estimate of drug-likeness (QED) is 0.439. The van der Waals surface area contributed by atoms with Crippen molar-refractivity contribution >= 4 is 23.4 Å². The highest BCUT2D eigenvalue weighted by atomic mass is 16.4. The van der Waals surface area contributed by atoms with E-state index in [0.29, 0.717) is 17.9 Å². The Bertz CT molecular complexity index is 1390. The molecule has 144 valence electrons. The second-order valence-corrected chi connectivity index (χ2v) is 7.04. The molecule has 4 N–H and O–H groups in total. The summed E-state index contributed by atoms with van der Waals surface area (Å²) in [6.45, 7) is 1.74. The molecule has 0 spiro atoms. The van der Waals surface area contributed by atoms with E-state index in [1.54, 1.807) is 25.1 Å². The van der Waals surface area contributed by atoms with E-state index in [2.05, 4.69) is 18.2 Å². The Morgan fingerprint density at radius 2 is 1.83 bits per heavy atom. The van der Waals surface area contributed by atoms with Crippen LogP contribution in [0.2, 0.25) is 0 Å². The fourth-order valence-corrected chi connectivity index (χ4v) is 3.55. The van der Waals surface area contributed by atoms with E-state index in [-0.39, 0.29) is 5.56 Å². The Kier molecular flexibility index (Phi) is 4.64. The monoisotopic (exact) mass is 384 g/mol. The first-order valence-electron chi connectivity index (χ1n) is 9.23. The number of anilines is 1. The lowest BCUT2D eigenvalue weighted by atomic mass is 10.00. The number of rotatable bonds is 1. The molecule has 5 rings (SSSR count). The number of hydrogen-bond donors (Lipinski definition) is 3. The summed E-state index contributed by atoms with van der Waals surface area (Å²) in [6, 6.07) is 17.2. The van der Waals surface area contributed by atoms with Crippen LogP contribution in [0.15, 0.2) is 71.4 Å². The maximum atomic E-state index is 10.5. The first-order chi connectivity index (χ1) is 13.9. The van der Waals surface area contributed by atoms with Crippen molar-refractivity contribution < 1.29 is 15.0 Å². The van der Waals surface area contributed by atoms with Crippen molar-refractivity contribution in [3.8, 4) is 0 Å². The van der Waals surface area contributed by atoms with Crippen molar-refractivity contribution in [1.82, 2.24) is 0 Å². The third kappa shape index (κ3) is 3.50. The van der Waals surface area contributed by atoms with Crippen LogP contribution in [0.1, 0.15) is 21.5 Å². The first kappa shape index (κ1) is 18.5. The molecular weight excluding hydrogens is 364 g/mol. The molecule has 29 heavy (non-hydrogen) atoms.